The molecule has 0 spiro atoms. The lowest BCUT2D eigenvalue weighted by molar-refractivity contribution is 0.0318. The molecule has 0 saturated carbocycles. The van der Waals surface area contributed by atoms with Crippen molar-refractivity contribution in [1.29, 1.82) is 0 Å². The van der Waals surface area contributed by atoms with Gasteiger partial charge in [0.1, 0.15) is 5.82 Å². The van der Waals surface area contributed by atoms with Crippen molar-refractivity contribution in [3.8, 4) is 0 Å². The first-order chi connectivity index (χ1) is 12.1. The number of esters is 1. The van der Waals surface area contributed by atoms with Crippen molar-refractivity contribution in [1.82, 2.24) is 0 Å². The maximum Gasteiger partial charge on any atom is 0.338 e. The average molecular weight is 379 g/mol. The molecule has 0 fully saturated rings. The monoisotopic (exact) mass is 379 g/mol. The zero-order valence-corrected chi connectivity index (χ0v) is 15.3. The number of ketones is 1. The molecule has 1 N–H and O–H groups in total. The molecule has 1 unspecified atom stereocenters. The number of hydrogen-bond donors (Lipinski definition) is 1. The van der Waals surface area contributed by atoms with E-state index in [9.17, 15) is 22.4 Å². The molecule has 0 aliphatic carbocycles. The third-order valence-corrected chi connectivity index (χ3v) is 4.14. The number of carbonyl (C=O) groups is 2. The number of benzene rings is 2. The Bertz CT molecular complexity index is 939. The molecule has 2 rings (SSSR count). The number of hydrogen-bond acceptors (Lipinski definition) is 5. The van der Waals surface area contributed by atoms with Crippen molar-refractivity contribution in [2.45, 2.75) is 20.0 Å². The fourth-order valence-electron chi connectivity index (χ4n) is 2.15. The van der Waals surface area contributed by atoms with Gasteiger partial charge in [0.25, 0.3) is 0 Å². The van der Waals surface area contributed by atoms with E-state index in [2.05, 4.69) is 4.72 Å². The first-order valence-electron chi connectivity index (χ1n) is 7.66. The van der Waals surface area contributed by atoms with Gasteiger partial charge < -0.3 is 4.74 Å². The summed E-state index contributed by atoms with van der Waals surface area (Å²) in [6, 6.07) is 9.63. The van der Waals surface area contributed by atoms with Crippen LogP contribution < -0.4 is 4.72 Å². The molecule has 26 heavy (non-hydrogen) atoms. The van der Waals surface area contributed by atoms with Gasteiger partial charge in [-0.25, -0.2) is 17.6 Å². The van der Waals surface area contributed by atoms with E-state index in [1.807, 2.05) is 0 Å². The highest BCUT2D eigenvalue weighted by atomic mass is 32.2. The summed E-state index contributed by atoms with van der Waals surface area (Å²) in [4.78, 5) is 24.4. The van der Waals surface area contributed by atoms with E-state index in [0.717, 1.165) is 12.3 Å². The summed E-state index contributed by atoms with van der Waals surface area (Å²) in [6.07, 6.45) is -0.0674. The predicted molar refractivity (Wildman–Crippen MR) is 95.3 cm³/mol. The van der Waals surface area contributed by atoms with Crippen LogP contribution in [0.2, 0.25) is 0 Å². The molecular weight excluding hydrogens is 361 g/mol. The van der Waals surface area contributed by atoms with E-state index in [-0.39, 0.29) is 11.1 Å². The predicted octanol–water partition coefficient (Wildman–Crippen LogP) is 2.93. The normalized spacial score (nSPS) is 12.3. The minimum Gasteiger partial charge on any atom is -0.451 e. The molecule has 138 valence electrons. The van der Waals surface area contributed by atoms with Gasteiger partial charge in [0.05, 0.1) is 11.8 Å². The molecule has 0 aromatic heterocycles. The highest BCUT2D eigenvalue weighted by Crippen LogP contribution is 2.15. The van der Waals surface area contributed by atoms with Crippen LogP contribution in [-0.2, 0) is 14.8 Å². The zero-order chi connectivity index (χ0) is 19.5. The minimum absolute atomic E-state index is 0.0143. The van der Waals surface area contributed by atoms with Crippen molar-refractivity contribution in [2.24, 2.45) is 0 Å². The smallest absolute Gasteiger partial charge is 0.338 e. The fourth-order valence-corrected chi connectivity index (χ4v) is 2.72. The van der Waals surface area contributed by atoms with Gasteiger partial charge in [0.2, 0.25) is 15.8 Å². The molecule has 0 saturated heterocycles. The number of Topliss-reactive ketones (excluding diaryl/α,β-unsaturated/α-hetero) is 1. The molecule has 2 aromatic carbocycles. The standard InChI is InChI=1S/C18H18FNO5S/c1-11-4-5-14(10-16(11)19)18(22)25-12(2)17(21)13-6-8-15(9-7-13)20-26(3,23)24/h4-10,12,20H,1-3H3. The van der Waals surface area contributed by atoms with Gasteiger partial charge in [-0.05, 0) is 55.8 Å². The Kier molecular flexibility index (Phi) is 5.76. The number of sulfonamides is 1. The number of ether oxygens (including phenoxy) is 1. The molecule has 0 aliphatic rings. The van der Waals surface area contributed by atoms with Gasteiger partial charge in [-0.2, -0.15) is 0 Å². The van der Waals surface area contributed by atoms with Crippen LogP contribution in [0.4, 0.5) is 10.1 Å². The zero-order valence-electron chi connectivity index (χ0n) is 14.4. The average Bonchev–Trinajstić information content (AvgIpc) is 2.55. The second-order valence-corrected chi connectivity index (χ2v) is 7.58. The molecule has 6 nitrogen and oxygen atoms in total. The van der Waals surface area contributed by atoms with E-state index in [4.69, 9.17) is 4.74 Å². The van der Waals surface area contributed by atoms with Crippen molar-refractivity contribution in [2.75, 3.05) is 11.0 Å². The lowest BCUT2D eigenvalue weighted by Crippen LogP contribution is -2.24. The number of aryl methyl sites for hydroxylation is 1. The number of halogens is 1. The molecule has 0 bridgehead atoms. The summed E-state index contributed by atoms with van der Waals surface area (Å²) in [5.41, 5.74) is 0.970. The van der Waals surface area contributed by atoms with E-state index in [0.29, 0.717) is 11.3 Å². The van der Waals surface area contributed by atoms with Crippen LogP contribution in [0.5, 0.6) is 0 Å². The number of carbonyl (C=O) groups excluding carboxylic acids is 2. The first kappa shape index (κ1) is 19.6. The van der Waals surface area contributed by atoms with Gasteiger partial charge in [-0.15, -0.1) is 0 Å². The third-order valence-electron chi connectivity index (χ3n) is 3.53. The van der Waals surface area contributed by atoms with E-state index >= 15 is 0 Å². The van der Waals surface area contributed by atoms with Crippen LogP contribution in [0.3, 0.4) is 0 Å². The fraction of sp³-hybridized carbons (Fsp3) is 0.222. The van der Waals surface area contributed by atoms with Crippen molar-refractivity contribution < 1.29 is 27.1 Å². The Morgan fingerprint density at radius 1 is 1.08 bits per heavy atom. The summed E-state index contributed by atoms with van der Waals surface area (Å²) in [7, 11) is -3.41. The van der Waals surface area contributed by atoms with Gasteiger partial charge in [-0.3, -0.25) is 9.52 Å². The highest BCUT2D eigenvalue weighted by molar-refractivity contribution is 7.92. The topological polar surface area (TPSA) is 89.5 Å². The van der Waals surface area contributed by atoms with Crippen LogP contribution in [0.1, 0.15) is 33.2 Å². The Balaban J connectivity index is 2.06. The summed E-state index contributed by atoms with van der Waals surface area (Å²) in [6.45, 7) is 2.98. The lowest BCUT2D eigenvalue weighted by Gasteiger charge is -2.13. The second kappa shape index (κ2) is 7.65. The van der Waals surface area contributed by atoms with Gasteiger partial charge >= 0.3 is 5.97 Å². The maximum absolute atomic E-state index is 13.5. The largest absolute Gasteiger partial charge is 0.451 e. The maximum atomic E-state index is 13.5. The second-order valence-electron chi connectivity index (χ2n) is 5.83. The number of nitrogens with one attached hydrogen (secondary N) is 1. The number of rotatable bonds is 6. The molecule has 0 radical (unpaired) electrons. The molecule has 0 aliphatic heterocycles. The molecule has 2 aromatic rings. The Morgan fingerprint density at radius 3 is 2.19 bits per heavy atom. The SMILES string of the molecule is Cc1ccc(C(=O)OC(C)C(=O)c2ccc(NS(C)(=O)=O)cc2)cc1F. The first-order valence-corrected chi connectivity index (χ1v) is 9.55. The van der Waals surface area contributed by atoms with Crippen LogP contribution in [0.25, 0.3) is 0 Å². The van der Waals surface area contributed by atoms with Crippen LogP contribution >= 0.6 is 0 Å². The van der Waals surface area contributed by atoms with Crippen LogP contribution in [0.15, 0.2) is 42.5 Å². The lowest BCUT2D eigenvalue weighted by atomic mass is 10.1. The van der Waals surface area contributed by atoms with Gasteiger partial charge in [0, 0.05) is 11.3 Å². The Morgan fingerprint density at radius 2 is 1.65 bits per heavy atom. The molecule has 0 heterocycles. The van der Waals surface area contributed by atoms with Crippen LogP contribution in [0, 0.1) is 12.7 Å². The minimum atomic E-state index is -3.41. The van der Waals surface area contributed by atoms with E-state index < -0.39 is 33.7 Å². The molecule has 8 heteroatoms. The quantitative estimate of drug-likeness (QED) is 0.616. The van der Waals surface area contributed by atoms with Crippen LogP contribution in [-0.4, -0.2) is 32.5 Å². The Labute approximate surface area is 151 Å². The molecule has 1 atom stereocenters. The summed E-state index contributed by atoms with van der Waals surface area (Å²) in [5, 5.41) is 0. The summed E-state index contributed by atoms with van der Waals surface area (Å²) in [5.74, 6) is -1.80. The van der Waals surface area contributed by atoms with Crippen molar-refractivity contribution in [3.05, 3.63) is 65.0 Å². The van der Waals surface area contributed by atoms with Gasteiger partial charge in [0.15, 0.2) is 6.10 Å². The van der Waals surface area contributed by atoms with Crippen molar-refractivity contribution >= 4 is 27.5 Å². The van der Waals surface area contributed by atoms with Gasteiger partial charge in [-0.1, -0.05) is 6.07 Å². The highest BCUT2D eigenvalue weighted by Gasteiger charge is 2.21. The Hall–Kier alpha value is -2.74. The molecular formula is C18H18FNO5S. The third kappa shape index (κ3) is 5.13. The summed E-state index contributed by atoms with van der Waals surface area (Å²) >= 11 is 0. The number of anilines is 1. The van der Waals surface area contributed by atoms with E-state index in [1.54, 1.807) is 6.92 Å². The van der Waals surface area contributed by atoms with Crippen molar-refractivity contribution in [3.63, 3.8) is 0 Å². The molecule has 0 amide bonds. The summed E-state index contributed by atoms with van der Waals surface area (Å²) < 4.78 is 43.2. The van der Waals surface area contributed by atoms with E-state index in [1.165, 1.54) is 43.3 Å².